The summed E-state index contributed by atoms with van der Waals surface area (Å²) in [5, 5.41) is 3.92. The Kier molecular flexibility index (Phi) is 4.49. The molecule has 1 saturated carbocycles. The quantitative estimate of drug-likeness (QED) is 0.869. The molecule has 0 radical (unpaired) electrons. The third-order valence-corrected chi connectivity index (χ3v) is 5.88. The third kappa shape index (κ3) is 3.17. The Hall–Kier alpha value is -0.470. The Labute approximate surface area is 121 Å². The van der Waals surface area contributed by atoms with E-state index >= 15 is 0 Å². The van der Waals surface area contributed by atoms with E-state index in [1.807, 2.05) is 0 Å². The standard InChI is InChI=1S/C17H25NS/c1-13(14-7-3-2-4-8-14)18-17-12-19-11-15-9-5-6-10-16(15)17/h5-6,9-10,13-14,17-18H,2-4,7-8,11-12H2,1H3/t13-,17?/m0/s1. The van der Waals surface area contributed by atoms with Crippen LogP contribution in [-0.4, -0.2) is 11.8 Å². The maximum absolute atomic E-state index is 3.92. The SMILES string of the molecule is C[C@H](NC1CSCc2ccccc21)C1CCCCC1. The molecule has 0 saturated heterocycles. The number of hydrogen-bond donors (Lipinski definition) is 1. The number of benzene rings is 1. The molecule has 104 valence electrons. The minimum atomic E-state index is 0.562. The van der Waals surface area contributed by atoms with Crippen LogP contribution in [0.5, 0.6) is 0 Å². The van der Waals surface area contributed by atoms with Crippen molar-refractivity contribution in [1.82, 2.24) is 5.32 Å². The summed E-state index contributed by atoms with van der Waals surface area (Å²) in [5.74, 6) is 3.31. The van der Waals surface area contributed by atoms with Gasteiger partial charge in [-0.05, 0) is 36.8 Å². The molecule has 1 nitrogen and oxygen atoms in total. The van der Waals surface area contributed by atoms with Crippen molar-refractivity contribution in [1.29, 1.82) is 0 Å². The molecule has 1 aromatic rings. The minimum absolute atomic E-state index is 0.562. The molecule has 1 aliphatic heterocycles. The van der Waals surface area contributed by atoms with Crippen molar-refractivity contribution in [2.24, 2.45) is 5.92 Å². The van der Waals surface area contributed by atoms with Gasteiger partial charge in [0, 0.05) is 23.6 Å². The van der Waals surface area contributed by atoms with Crippen LogP contribution in [0, 0.1) is 5.92 Å². The van der Waals surface area contributed by atoms with Gasteiger partial charge in [0.1, 0.15) is 0 Å². The summed E-state index contributed by atoms with van der Waals surface area (Å²) in [6.45, 7) is 2.40. The summed E-state index contributed by atoms with van der Waals surface area (Å²) in [5.41, 5.74) is 3.08. The van der Waals surface area contributed by atoms with Crippen LogP contribution >= 0.6 is 11.8 Å². The lowest BCUT2D eigenvalue weighted by atomic mass is 9.84. The smallest absolute Gasteiger partial charge is 0.0417 e. The average molecular weight is 275 g/mol. The van der Waals surface area contributed by atoms with E-state index < -0.39 is 0 Å². The van der Waals surface area contributed by atoms with E-state index in [9.17, 15) is 0 Å². The lowest BCUT2D eigenvalue weighted by molar-refractivity contribution is 0.268. The molecule has 1 aliphatic carbocycles. The van der Waals surface area contributed by atoms with Crippen LogP contribution in [0.3, 0.4) is 0 Å². The van der Waals surface area contributed by atoms with Crippen molar-refractivity contribution in [2.75, 3.05) is 5.75 Å². The Morgan fingerprint density at radius 2 is 1.95 bits per heavy atom. The highest BCUT2D eigenvalue weighted by molar-refractivity contribution is 7.98. The summed E-state index contributed by atoms with van der Waals surface area (Å²) in [6, 6.07) is 10.2. The molecule has 0 aromatic heterocycles. The average Bonchev–Trinajstić information content (AvgIpc) is 2.48. The van der Waals surface area contributed by atoms with Gasteiger partial charge in [-0.25, -0.2) is 0 Å². The first-order valence-corrected chi connectivity index (χ1v) is 8.91. The largest absolute Gasteiger partial charge is 0.306 e. The van der Waals surface area contributed by atoms with Crippen LogP contribution < -0.4 is 5.32 Å². The van der Waals surface area contributed by atoms with Gasteiger partial charge in [-0.15, -0.1) is 0 Å². The molecule has 0 bridgehead atoms. The molecule has 1 unspecified atom stereocenters. The van der Waals surface area contributed by atoms with Gasteiger partial charge < -0.3 is 5.32 Å². The second kappa shape index (κ2) is 6.32. The van der Waals surface area contributed by atoms with Crippen LogP contribution in [0.15, 0.2) is 24.3 Å². The summed E-state index contributed by atoms with van der Waals surface area (Å²) in [4.78, 5) is 0. The monoisotopic (exact) mass is 275 g/mol. The third-order valence-electron chi connectivity index (χ3n) is 4.79. The fourth-order valence-electron chi connectivity index (χ4n) is 3.61. The van der Waals surface area contributed by atoms with Gasteiger partial charge in [0.2, 0.25) is 0 Å². The van der Waals surface area contributed by atoms with Crippen molar-refractivity contribution < 1.29 is 0 Å². The van der Waals surface area contributed by atoms with Crippen molar-refractivity contribution in [3.63, 3.8) is 0 Å². The molecule has 1 fully saturated rings. The van der Waals surface area contributed by atoms with Crippen LogP contribution in [0.4, 0.5) is 0 Å². The van der Waals surface area contributed by atoms with Gasteiger partial charge >= 0.3 is 0 Å². The molecular weight excluding hydrogens is 250 g/mol. The van der Waals surface area contributed by atoms with E-state index in [2.05, 4.69) is 48.3 Å². The Morgan fingerprint density at radius 1 is 1.16 bits per heavy atom. The number of rotatable bonds is 3. The number of hydrogen-bond acceptors (Lipinski definition) is 2. The highest BCUT2D eigenvalue weighted by atomic mass is 32.2. The van der Waals surface area contributed by atoms with Gasteiger partial charge in [0.25, 0.3) is 0 Å². The van der Waals surface area contributed by atoms with E-state index in [1.165, 1.54) is 49.2 Å². The van der Waals surface area contributed by atoms with E-state index in [4.69, 9.17) is 0 Å². The second-order valence-corrected chi connectivity index (χ2v) is 7.15. The van der Waals surface area contributed by atoms with Crippen LogP contribution in [-0.2, 0) is 5.75 Å². The summed E-state index contributed by atoms with van der Waals surface area (Å²) >= 11 is 2.07. The fourth-order valence-corrected chi connectivity index (χ4v) is 4.72. The van der Waals surface area contributed by atoms with Gasteiger partial charge in [0.05, 0.1) is 0 Å². The van der Waals surface area contributed by atoms with Gasteiger partial charge in [0.15, 0.2) is 0 Å². The summed E-state index contributed by atoms with van der Waals surface area (Å²) in [6.07, 6.45) is 7.18. The zero-order valence-electron chi connectivity index (χ0n) is 11.9. The first-order chi connectivity index (χ1) is 9.34. The lowest BCUT2D eigenvalue weighted by Crippen LogP contribution is -2.39. The Morgan fingerprint density at radius 3 is 2.79 bits per heavy atom. The van der Waals surface area contributed by atoms with Crippen LogP contribution in [0.2, 0.25) is 0 Å². The van der Waals surface area contributed by atoms with Gasteiger partial charge in [-0.3, -0.25) is 0 Å². The van der Waals surface area contributed by atoms with Gasteiger partial charge in [-0.2, -0.15) is 11.8 Å². The van der Waals surface area contributed by atoms with E-state index in [-0.39, 0.29) is 0 Å². The first kappa shape index (κ1) is 13.5. The Balaban J connectivity index is 1.66. The van der Waals surface area contributed by atoms with Crippen LogP contribution in [0.1, 0.15) is 56.2 Å². The minimum Gasteiger partial charge on any atom is -0.306 e. The lowest BCUT2D eigenvalue weighted by Gasteiger charge is -2.34. The predicted octanol–water partition coefficient (Wildman–Crippen LogP) is 4.53. The zero-order chi connectivity index (χ0) is 13.1. The zero-order valence-corrected chi connectivity index (χ0v) is 12.7. The van der Waals surface area contributed by atoms with Crippen molar-refractivity contribution in [3.05, 3.63) is 35.4 Å². The fraction of sp³-hybridized carbons (Fsp3) is 0.647. The molecule has 0 amide bonds. The molecule has 2 atom stereocenters. The molecule has 1 N–H and O–H groups in total. The topological polar surface area (TPSA) is 12.0 Å². The maximum Gasteiger partial charge on any atom is 0.0417 e. The number of nitrogens with one attached hydrogen (secondary N) is 1. The van der Waals surface area contributed by atoms with E-state index in [0.29, 0.717) is 12.1 Å². The molecule has 2 heteroatoms. The molecular formula is C17H25NS. The van der Waals surface area contributed by atoms with E-state index in [0.717, 1.165) is 5.92 Å². The van der Waals surface area contributed by atoms with E-state index in [1.54, 1.807) is 5.56 Å². The number of thioether (sulfide) groups is 1. The van der Waals surface area contributed by atoms with Crippen molar-refractivity contribution in [3.8, 4) is 0 Å². The first-order valence-electron chi connectivity index (χ1n) is 7.76. The van der Waals surface area contributed by atoms with Crippen molar-refractivity contribution in [2.45, 2.75) is 56.9 Å². The maximum atomic E-state index is 3.92. The van der Waals surface area contributed by atoms with Crippen LogP contribution in [0.25, 0.3) is 0 Å². The molecule has 19 heavy (non-hydrogen) atoms. The molecule has 0 spiro atoms. The predicted molar refractivity (Wildman–Crippen MR) is 84.5 cm³/mol. The normalized spacial score (nSPS) is 25.8. The molecule has 3 rings (SSSR count). The van der Waals surface area contributed by atoms with Gasteiger partial charge in [-0.1, -0.05) is 43.5 Å². The Bertz CT molecular complexity index is 411. The summed E-state index contributed by atoms with van der Waals surface area (Å²) < 4.78 is 0. The highest BCUT2D eigenvalue weighted by Crippen LogP contribution is 2.33. The van der Waals surface area contributed by atoms with Crippen molar-refractivity contribution >= 4 is 11.8 Å². The second-order valence-electron chi connectivity index (χ2n) is 6.12. The highest BCUT2D eigenvalue weighted by Gasteiger charge is 2.25. The number of fused-ring (bicyclic) bond motifs is 1. The molecule has 1 aromatic carbocycles. The summed E-state index contributed by atoms with van der Waals surface area (Å²) in [7, 11) is 0. The molecule has 2 aliphatic rings. The molecule has 1 heterocycles.